The van der Waals surface area contributed by atoms with Gasteiger partial charge in [0.05, 0.1) is 11.8 Å². The minimum Gasteiger partial charge on any atom is -0.481 e. The first kappa shape index (κ1) is 19.4. The van der Waals surface area contributed by atoms with Crippen LogP contribution in [0.1, 0.15) is 55.9 Å². The number of imidazole rings is 1. The highest BCUT2D eigenvalue weighted by Gasteiger charge is 2.47. The van der Waals surface area contributed by atoms with Gasteiger partial charge in [0.25, 0.3) is 0 Å². The largest absolute Gasteiger partial charge is 0.481 e. The lowest BCUT2D eigenvalue weighted by molar-refractivity contribution is -0.136. The summed E-state index contributed by atoms with van der Waals surface area (Å²) in [5.74, 6) is 1.13. The number of aryl methyl sites for hydroxylation is 2. The first-order chi connectivity index (χ1) is 13.8. The van der Waals surface area contributed by atoms with Crippen LogP contribution in [0, 0.1) is 30.1 Å². The van der Waals surface area contributed by atoms with E-state index >= 15 is 0 Å². The Morgan fingerprint density at radius 2 is 2.24 bits per heavy atom. The summed E-state index contributed by atoms with van der Waals surface area (Å²) in [6.07, 6.45) is 5.72. The van der Waals surface area contributed by atoms with E-state index in [2.05, 4.69) is 42.7 Å². The maximum atomic E-state index is 10.9. The van der Waals surface area contributed by atoms with E-state index < -0.39 is 5.97 Å². The molecule has 4 rings (SSSR count). The highest BCUT2D eigenvalue weighted by Crippen LogP contribution is 2.50. The van der Waals surface area contributed by atoms with Crippen LogP contribution in [0.4, 0.5) is 0 Å². The predicted octanol–water partition coefficient (Wildman–Crippen LogP) is 4.51. The normalized spacial score (nSPS) is 25.5. The van der Waals surface area contributed by atoms with Crippen molar-refractivity contribution in [2.75, 3.05) is 0 Å². The second-order valence-corrected chi connectivity index (χ2v) is 8.74. The summed E-state index contributed by atoms with van der Waals surface area (Å²) in [5, 5.41) is 18.5. The van der Waals surface area contributed by atoms with E-state index in [9.17, 15) is 10.1 Å². The number of carboxylic acid groups (broad SMARTS) is 1. The highest BCUT2D eigenvalue weighted by molar-refractivity contribution is 5.67. The standard InChI is InChI=1S/C24H27N3O2/c1-15-11-18(14-25)13-24(3)20(15)8-9-21-23(24)26-16(2)27(21)19-6-4-5-17(12-19)7-10-22(28)29/h4-6,12-13,15,20H,7-11H2,1-3H3,(H,28,29)/t15-,20+,24+/m1/s1. The van der Waals surface area contributed by atoms with E-state index in [-0.39, 0.29) is 11.8 Å². The van der Waals surface area contributed by atoms with Crippen molar-refractivity contribution in [3.05, 3.63) is 58.7 Å². The molecule has 2 aliphatic rings. The number of rotatable bonds is 4. The molecule has 0 aliphatic heterocycles. The average molecular weight is 389 g/mol. The number of hydrogen-bond acceptors (Lipinski definition) is 3. The molecule has 5 heteroatoms. The molecule has 0 bridgehead atoms. The predicted molar refractivity (Wildman–Crippen MR) is 111 cm³/mol. The van der Waals surface area contributed by atoms with Crippen molar-refractivity contribution in [1.82, 2.24) is 9.55 Å². The Balaban J connectivity index is 1.79. The van der Waals surface area contributed by atoms with Crippen LogP contribution in [-0.2, 0) is 23.1 Å². The molecule has 1 heterocycles. The summed E-state index contributed by atoms with van der Waals surface area (Å²) in [6.45, 7) is 6.53. The number of aromatic nitrogens is 2. The smallest absolute Gasteiger partial charge is 0.303 e. The van der Waals surface area contributed by atoms with Crippen LogP contribution in [0.25, 0.3) is 5.69 Å². The van der Waals surface area contributed by atoms with Gasteiger partial charge < -0.3 is 9.67 Å². The van der Waals surface area contributed by atoms with Crippen molar-refractivity contribution in [1.29, 1.82) is 5.26 Å². The molecule has 150 valence electrons. The van der Waals surface area contributed by atoms with Gasteiger partial charge in [0, 0.05) is 28.8 Å². The van der Waals surface area contributed by atoms with Gasteiger partial charge in [0.15, 0.2) is 0 Å². The number of carboxylic acids is 1. The summed E-state index contributed by atoms with van der Waals surface area (Å²) in [5.41, 5.74) is 5.03. The van der Waals surface area contributed by atoms with E-state index in [1.807, 2.05) is 19.1 Å². The minimum absolute atomic E-state index is 0.129. The van der Waals surface area contributed by atoms with Gasteiger partial charge in [-0.2, -0.15) is 5.26 Å². The zero-order valence-corrected chi connectivity index (χ0v) is 17.3. The van der Waals surface area contributed by atoms with Crippen LogP contribution in [0.3, 0.4) is 0 Å². The molecular formula is C24H27N3O2. The lowest BCUT2D eigenvalue weighted by Crippen LogP contribution is -2.42. The van der Waals surface area contributed by atoms with E-state index in [4.69, 9.17) is 10.1 Å². The number of nitriles is 1. The van der Waals surface area contributed by atoms with Gasteiger partial charge >= 0.3 is 5.97 Å². The quantitative estimate of drug-likeness (QED) is 0.834. The molecule has 1 N–H and O–H groups in total. The molecule has 0 saturated heterocycles. The van der Waals surface area contributed by atoms with Crippen LogP contribution in [-0.4, -0.2) is 20.6 Å². The summed E-state index contributed by atoms with van der Waals surface area (Å²) in [7, 11) is 0. The maximum absolute atomic E-state index is 10.9. The topological polar surface area (TPSA) is 78.9 Å². The van der Waals surface area contributed by atoms with Crippen molar-refractivity contribution >= 4 is 5.97 Å². The number of carbonyl (C=O) groups is 1. The first-order valence-electron chi connectivity index (χ1n) is 10.3. The fourth-order valence-corrected chi connectivity index (χ4v) is 5.49. The van der Waals surface area contributed by atoms with Crippen LogP contribution < -0.4 is 0 Å². The van der Waals surface area contributed by atoms with Gasteiger partial charge in [0.1, 0.15) is 5.82 Å². The number of aliphatic carboxylic acids is 1. The molecule has 0 radical (unpaired) electrons. The number of allylic oxidation sites excluding steroid dienone is 2. The van der Waals surface area contributed by atoms with Gasteiger partial charge in [0.2, 0.25) is 0 Å². The summed E-state index contributed by atoms with van der Waals surface area (Å²) in [4.78, 5) is 15.9. The molecule has 0 saturated carbocycles. The summed E-state index contributed by atoms with van der Waals surface area (Å²) < 4.78 is 2.22. The third kappa shape index (κ3) is 3.27. The number of nitrogens with zero attached hydrogens (tertiary/aromatic N) is 3. The Kier molecular flexibility index (Phi) is 4.82. The Morgan fingerprint density at radius 3 is 2.97 bits per heavy atom. The van der Waals surface area contributed by atoms with Gasteiger partial charge in [-0.3, -0.25) is 4.79 Å². The molecule has 0 fully saturated rings. The first-order valence-corrected chi connectivity index (χ1v) is 10.3. The Hall–Kier alpha value is -2.87. The van der Waals surface area contributed by atoms with Crippen molar-refractivity contribution in [3.8, 4) is 11.8 Å². The molecule has 0 spiro atoms. The second-order valence-electron chi connectivity index (χ2n) is 8.74. The second kappa shape index (κ2) is 7.18. The van der Waals surface area contributed by atoms with Gasteiger partial charge in [-0.05, 0) is 62.1 Å². The minimum atomic E-state index is -0.780. The van der Waals surface area contributed by atoms with Crippen molar-refractivity contribution < 1.29 is 9.90 Å². The van der Waals surface area contributed by atoms with Crippen LogP contribution in [0.2, 0.25) is 0 Å². The van der Waals surface area contributed by atoms with E-state index in [1.165, 1.54) is 5.69 Å². The Morgan fingerprint density at radius 1 is 1.45 bits per heavy atom. The third-order valence-corrected chi connectivity index (χ3v) is 6.76. The van der Waals surface area contributed by atoms with Crippen molar-refractivity contribution in [2.45, 2.75) is 58.3 Å². The average Bonchev–Trinajstić information content (AvgIpc) is 3.03. The fourth-order valence-electron chi connectivity index (χ4n) is 5.49. The molecule has 0 amide bonds. The van der Waals surface area contributed by atoms with Crippen LogP contribution >= 0.6 is 0 Å². The lowest BCUT2D eigenvalue weighted by Gasteiger charge is -2.45. The lowest BCUT2D eigenvalue weighted by atomic mass is 9.59. The number of benzene rings is 1. The van der Waals surface area contributed by atoms with Crippen molar-refractivity contribution in [2.24, 2.45) is 11.8 Å². The highest BCUT2D eigenvalue weighted by atomic mass is 16.4. The SMILES string of the molecule is Cc1nc2c(n1-c1cccc(CCC(=O)O)c1)CC[C@H]1[C@H](C)CC(C#N)=C[C@]21C. The van der Waals surface area contributed by atoms with E-state index in [1.54, 1.807) is 0 Å². The molecule has 5 nitrogen and oxygen atoms in total. The molecule has 29 heavy (non-hydrogen) atoms. The van der Waals surface area contributed by atoms with Gasteiger partial charge in [-0.25, -0.2) is 4.98 Å². The fraction of sp³-hybridized carbons (Fsp3) is 0.458. The van der Waals surface area contributed by atoms with Gasteiger partial charge in [-0.15, -0.1) is 0 Å². The molecule has 3 atom stereocenters. The number of hydrogen-bond donors (Lipinski definition) is 1. The van der Waals surface area contributed by atoms with Gasteiger partial charge in [-0.1, -0.05) is 32.1 Å². The molecule has 2 aliphatic carbocycles. The molecule has 1 aromatic carbocycles. The zero-order chi connectivity index (χ0) is 20.8. The van der Waals surface area contributed by atoms with E-state index in [0.717, 1.165) is 47.6 Å². The maximum Gasteiger partial charge on any atom is 0.303 e. The third-order valence-electron chi connectivity index (χ3n) is 6.76. The zero-order valence-electron chi connectivity index (χ0n) is 17.3. The molecule has 1 aromatic heterocycles. The monoisotopic (exact) mass is 389 g/mol. The Bertz CT molecular complexity index is 1040. The summed E-state index contributed by atoms with van der Waals surface area (Å²) in [6, 6.07) is 10.5. The Labute approximate surface area is 171 Å². The summed E-state index contributed by atoms with van der Waals surface area (Å²) >= 11 is 0. The van der Waals surface area contributed by atoms with Crippen LogP contribution in [0.15, 0.2) is 35.9 Å². The molecule has 2 aromatic rings. The van der Waals surface area contributed by atoms with Crippen LogP contribution in [0.5, 0.6) is 0 Å². The van der Waals surface area contributed by atoms with E-state index in [0.29, 0.717) is 18.3 Å². The van der Waals surface area contributed by atoms with Crippen molar-refractivity contribution in [3.63, 3.8) is 0 Å². The number of fused-ring (bicyclic) bond motifs is 3. The molecule has 0 unspecified atom stereocenters. The molecular weight excluding hydrogens is 362 g/mol.